The van der Waals surface area contributed by atoms with E-state index in [1.807, 2.05) is 5.43 Å². The van der Waals surface area contributed by atoms with E-state index in [2.05, 4.69) is 4.72 Å². The van der Waals surface area contributed by atoms with Gasteiger partial charge < -0.3 is 0 Å². The van der Waals surface area contributed by atoms with E-state index in [-0.39, 0.29) is 15.5 Å². The van der Waals surface area contributed by atoms with Crippen LogP contribution in [0.3, 0.4) is 0 Å². The summed E-state index contributed by atoms with van der Waals surface area (Å²) in [4.78, 5) is 13.4. The Morgan fingerprint density at radius 3 is 2.17 bits per heavy atom. The molecule has 0 aliphatic rings. The summed E-state index contributed by atoms with van der Waals surface area (Å²) >= 11 is 0.973. The molecule has 0 aliphatic carbocycles. The monoisotopic (exact) mass is 473 g/mol. The highest BCUT2D eigenvalue weighted by molar-refractivity contribution is 7.94. The first kappa shape index (κ1) is 21.8. The van der Waals surface area contributed by atoms with Gasteiger partial charge in [-0.2, -0.15) is 0 Å². The Kier molecular flexibility index (Phi) is 6.17. The molecule has 0 unspecified atom stereocenters. The van der Waals surface area contributed by atoms with Gasteiger partial charge in [0.05, 0.1) is 16.1 Å². The van der Waals surface area contributed by atoms with Crippen LogP contribution in [0.1, 0.15) is 10.4 Å². The Labute approximate surface area is 174 Å². The average molecular weight is 474 g/mol. The first-order chi connectivity index (χ1) is 14.1. The van der Waals surface area contributed by atoms with E-state index in [0.29, 0.717) is 18.2 Å². The third-order valence-electron chi connectivity index (χ3n) is 3.62. The Bertz CT molecular complexity index is 1270. The molecule has 0 radical (unpaired) electrons. The fourth-order valence-electron chi connectivity index (χ4n) is 2.31. The maximum atomic E-state index is 13.3. The Morgan fingerprint density at radius 2 is 1.53 bits per heavy atom. The van der Waals surface area contributed by atoms with Crippen molar-refractivity contribution < 1.29 is 30.4 Å². The van der Waals surface area contributed by atoms with Gasteiger partial charge in [-0.3, -0.25) is 14.9 Å². The molecule has 1 heterocycles. The first-order valence-electron chi connectivity index (χ1n) is 8.02. The molecule has 30 heavy (non-hydrogen) atoms. The van der Waals surface area contributed by atoms with Gasteiger partial charge in [0.15, 0.2) is 0 Å². The number of rotatable bonds is 7. The smallest absolute Gasteiger partial charge is 0.271 e. The van der Waals surface area contributed by atoms with E-state index < -0.39 is 42.5 Å². The van der Waals surface area contributed by atoms with E-state index in [1.54, 1.807) is 16.3 Å². The molecule has 13 heteroatoms. The summed E-state index contributed by atoms with van der Waals surface area (Å²) in [5.74, 6) is -3.23. The predicted molar refractivity (Wildman–Crippen MR) is 106 cm³/mol. The van der Waals surface area contributed by atoms with E-state index in [0.717, 1.165) is 11.3 Å². The number of hydrogen-bond acceptors (Lipinski definition) is 6. The van der Waals surface area contributed by atoms with Gasteiger partial charge in [0.1, 0.15) is 15.8 Å². The summed E-state index contributed by atoms with van der Waals surface area (Å²) in [6.45, 7) is 0. The van der Waals surface area contributed by atoms with Gasteiger partial charge in [-0.05, 0) is 35.7 Å². The summed E-state index contributed by atoms with van der Waals surface area (Å²) in [6, 6.07) is 10.0. The van der Waals surface area contributed by atoms with Crippen LogP contribution in [0.2, 0.25) is 0 Å². The summed E-state index contributed by atoms with van der Waals surface area (Å²) < 4.78 is 77.9. The van der Waals surface area contributed by atoms with Crippen molar-refractivity contribution in [3.05, 3.63) is 77.2 Å². The molecule has 0 aliphatic heterocycles. The van der Waals surface area contributed by atoms with Crippen molar-refractivity contribution in [2.24, 2.45) is 0 Å². The second-order valence-electron chi connectivity index (χ2n) is 5.75. The average Bonchev–Trinajstić information content (AvgIpc) is 3.21. The molecule has 0 atom stereocenters. The maximum absolute atomic E-state index is 13.3. The van der Waals surface area contributed by atoms with E-state index >= 15 is 0 Å². The molecule has 0 spiro atoms. The minimum atomic E-state index is -4.49. The standard InChI is InChI=1S/C17H13F2N3O5S3/c18-11-8-12(19)10-13(9-11)29(24,25)22-20-17(23)14-4-1-2-5-15(14)21-30(26,27)16-6-3-7-28-16/h1-10,21-22H,(H,20,23). The molecule has 0 fully saturated rings. The highest BCUT2D eigenvalue weighted by Gasteiger charge is 2.21. The lowest BCUT2D eigenvalue weighted by atomic mass is 10.2. The molecule has 0 saturated heterocycles. The molecule has 3 N–H and O–H groups in total. The number of halogens is 2. The molecule has 158 valence electrons. The number of nitrogens with one attached hydrogen (secondary N) is 3. The lowest BCUT2D eigenvalue weighted by Gasteiger charge is -2.13. The molecule has 1 aromatic heterocycles. The summed E-state index contributed by atoms with van der Waals surface area (Å²) in [5.41, 5.74) is 1.60. The molecule has 0 saturated carbocycles. The van der Waals surface area contributed by atoms with Crippen LogP contribution in [0.25, 0.3) is 0 Å². The van der Waals surface area contributed by atoms with Crippen molar-refractivity contribution in [1.29, 1.82) is 0 Å². The highest BCUT2D eigenvalue weighted by Crippen LogP contribution is 2.23. The van der Waals surface area contributed by atoms with E-state index in [9.17, 15) is 30.4 Å². The molecule has 2 aromatic carbocycles. The Morgan fingerprint density at radius 1 is 0.867 bits per heavy atom. The number of anilines is 1. The Balaban J connectivity index is 1.80. The van der Waals surface area contributed by atoms with Gasteiger partial charge in [0.2, 0.25) is 0 Å². The number of para-hydroxylation sites is 1. The van der Waals surface area contributed by atoms with Gasteiger partial charge in [-0.1, -0.05) is 18.2 Å². The molecular formula is C17H13F2N3O5S3. The number of amides is 1. The summed E-state index contributed by atoms with van der Waals surface area (Å²) in [7, 11) is -8.45. The molecule has 8 nitrogen and oxygen atoms in total. The second-order valence-corrected chi connectivity index (χ2v) is 10.3. The summed E-state index contributed by atoms with van der Waals surface area (Å²) in [6.07, 6.45) is 0. The van der Waals surface area contributed by atoms with Crippen LogP contribution in [-0.2, 0) is 20.0 Å². The predicted octanol–water partition coefficient (Wildman–Crippen LogP) is 2.45. The molecular weight excluding hydrogens is 460 g/mol. The summed E-state index contributed by atoms with van der Waals surface area (Å²) in [5, 5.41) is 1.57. The number of hydrazine groups is 1. The van der Waals surface area contributed by atoms with Crippen LogP contribution in [-0.4, -0.2) is 22.7 Å². The van der Waals surface area contributed by atoms with Crippen LogP contribution in [0, 0.1) is 11.6 Å². The van der Waals surface area contributed by atoms with Crippen LogP contribution in [0.4, 0.5) is 14.5 Å². The molecule has 1 amide bonds. The van der Waals surface area contributed by atoms with Crippen molar-refractivity contribution >= 4 is 43.0 Å². The molecule has 3 rings (SSSR count). The maximum Gasteiger partial charge on any atom is 0.271 e. The van der Waals surface area contributed by atoms with Crippen LogP contribution in [0.5, 0.6) is 0 Å². The number of sulfonamides is 2. The number of hydrogen-bond donors (Lipinski definition) is 3. The lowest BCUT2D eigenvalue weighted by Crippen LogP contribution is -2.41. The Hall–Kier alpha value is -2.87. The van der Waals surface area contributed by atoms with Gasteiger partial charge in [0.25, 0.3) is 26.0 Å². The third-order valence-corrected chi connectivity index (χ3v) is 7.61. The molecule has 3 aromatic rings. The van der Waals surface area contributed by atoms with Crippen molar-refractivity contribution in [3.63, 3.8) is 0 Å². The third kappa shape index (κ3) is 4.99. The molecule has 0 bridgehead atoms. The van der Waals surface area contributed by atoms with Gasteiger partial charge in [-0.15, -0.1) is 16.2 Å². The van der Waals surface area contributed by atoms with Crippen molar-refractivity contribution in [3.8, 4) is 0 Å². The second kappa shape index (κ2) is 8.47. The zero-order valence-corrected chi connectivity index (χ0v) is 17.2. The van der Waals surface area contributed by atoms with E-state index in [1.165, 1.54) is 30.3 Å². The van der Waals surface area contributed by atoms with Crippen molar-refractivity contribution in [2.45, 2.75) is 9.10 Å². The van der Waals surface area contributed by atoms with Gasteiger partial charge in [0, 0.05) is 6.07 Å². The zero-order chi connectivity index (χ0) is 21.9. The number of carbonyl (C=O) groups is 1. The fraction of sp³-hybridized carbons (Fsp3) is 0. The fourth-order valence-corrected chi connectivity index (χ4v) is 5.26. The zero-order valence-electron chi connectivity index (χ0n) is 14.8. The van der Waals surface area contributed by atoms with Crippen LogP contribution in [0.15, 0.2) is 69.1 Å². The van der Waals surface area contributed by atoms with Crippen molar-refractivity contribution in [2.75, 3.05) is 4.72 Å². The quantitative estimate of drug-likeness (QED) is 0.455. The number of benzene rings is 2. The lowest BCUT2D eigenvalue weighted by molar-refractivity contribution is 0.0946. The van der Waals surface area contributed by atoms with Crippen molar-refractivity contribution in [1.82, 2.24) is 10.3 Å². The SMILES string of the molecule is O=C(NNS(=O)(=O)c1cc(F)cc(F)c1)c1ccccc1NS(=O)(=O)c1cccs1. The highest BCUT2D eigenvalue weighted by atomic mass is 32.2. The van der Waals surface area contributed by atoms with Gasteiger partial charge >= 0.3 is 0 Å². The van der Waals surface area contributed by atoms with E-state index in [4.69, 9.17) is 0 Å². The minimum absolute atomic E-state index is 0.0199. The van der Waals surface area contributed by atoms with Crippen LogP contribution >= 0.6 is 11.3 Å². The minimum Gasteiger partial charge on any atom is -0.278 e. The number of thiophene rings is 1. The topological polar surface area (TPSA) is 121 Å². The first-order valence-corrected chi connectivity index (χ1v) is 11.9. The normalized spacial score (nSPS) is 11.8. The largest absolute Gasteiger partial charge is 0.278 e. The number of carbonyl (C=O) groups excluding carboxylic acids is 1. The van der Waals surface area contributed by atoms with Crippen LogP contribution < -0.4 is 15.0 Å². The van der Waals surface area contributed by atoms with Gasteiger partial charge in [-0.25, -0.2) is 25.6 Å².